The number of carbonyl (C=O) groups excluding carboxylic acids is 1. The minimum absolute atomic E-state index is 0.0611. The van der Waals surface area contributed by atoms with Crippen LogP contribution in [0.15, 0.2) is 47.6 Å². The number of amides is 1. The number of para-hydroxylation sites is 1. The van der Waals surface area contributed by atoms with Crippen LogP contribution in [0.5, 0.6) is 5.75 Å². The second-order valence-electron chi connectivity index (χ2n) is 7.43. The van der Waals surface area contributed by atoms with E-state index in [-0.39, 0.29) is 11.7 Å². The molecule has 0 atom stereocenters. The fourth-order valence-corrected chi connectivity index (χ4v) is 4.12. The highest BCUT2D eigenvalue weighted by atomic mass is 32.2. The van der Waals surface area contributed by atoms with Crippen molar-refractivity contribution in [3.63, 3.8) is 0 Å². The number of rotatable bonds is 7. The van der Waals surface area contributed by atoms with Gasteiger partial charge in [-0.3, -0.25) is 9.36 Å². The summed E-state index contributed by atoms with van der Waals surface area (Å²) in [7, 11) is 0. The van der Waals surface area contributed by atoms with Gasteiger partial charge < -0.3 is 10.4 Å². The van der Waals surface area contributed by atoms with Gasteiger partial charge in [-0.1, -0.05) is 42.1 Å². The topological polar surface area (TPSA) is 80.0 Å². The number of aromatic nitrogens is 3. The van der Waals surface area contributed by atoms with Crippen LogP contribution in [0.2, 0.25) is 0 Å². The van der Waals surface area contributed by atoms with Gasteiger partial charge in [-0.2, -0.15) is 0 Å². The number of phenolic OH excluding ortho intramolecular Hbond substituents is 1. The van der Waals surface area contributed by atoms with Gasteiger partial charge in [-0.25, -0.2) is 0 Å². The lowest BCUT2D eigenvalue weighted by Gasteiger charge is -2.11. The third kappa shape index (κ3) is 4.45. The van der Waals surface area contributed by atoms with Gasteiger partial charge in [0.15, 0.2) is 5.16 Å². The van der Waals surface area contributed by atoms with Gasteiger partial charge in [0.05, 0.1) is 5.75 Å². The van der Waals surface area contributed by atoms with Crippen LogP contribution in [-0.4, -0.2) is 31.5 Å². The Balaban J connectivity index is 1.41. The van der Waals surface area contributed by atoms with Gasteiger partial charge in [-0.05, 0) is 55.5 Å². The van der Waals surface area contributed by atoms with E-state index >= 15 is 0 Å². The van der Waals surface area contributed by atoms with Gasteiger partial charge >= 0.3 is 0 Å². The van der Waals surface area contributed by atoms with Gasteiger partial charge in [0.2, 0.25) is 5.91 Å². The molecule has 0 radical (unpaired) electrons. The highest BCUT2D eigenvalue weighted by Crippen LogP contribution is 2.41. The zero-order valence-corrected chi connectivity index (χ0v) is 17.4. The Labute approximate surface area is 174 Å². The normalized spacial score (nSPS) is 13.4. The number of nitrogens with zero attached hydrogens (tertiary/aromatic N) is 3. The van der Waals surface area contributed by atoms with Crippen LogP contribution >= 0.6 is 11.8 Å². The number of aromatic hydroxyl groups is 1. The molecule has 1 fully saturated rings. The van der Waals surface area contributed by atoms with Crippen molar-refractivity contribution in [2.75, 3.05) is 5.75 Å². The summed E-state index contributed by atoms with van der Waals surface area (Å²) < 4.78 is 2.07. The monoisotopic (exact) mass is 408 g/mol. The molecule has 29 heavy (non-hydrogen) atoms. The molecular weight excluding hydrogens is 384 g/mol. The van der Waals surface area contributed by atoms with Crippen molar-refractivity contribution in [3.8, 4) is 11.4 Å². The summed E-state index contributed by atoms with van der Waals surface area (Å²) in [6, 6.07) is 13.8. The van der Waals surface area contributed by atoms with E-state index < -0.39 is 0 Å². The van der Waals surface area contributed by atoms with Gasteiger partial charge in [0.1, 0.15) is 11.6 Å². The van der Waals surface area contributed by atoms with Crippen molar-refractivity contribution < 1.29 is 9.90 Å². The molecule has 0 saturated heterocycles. The number of phenols is 1. The van der Waals surface area contributed by atoms with Gasteiger partial charge in [-0.15, -0.1) is 10.2 Å². The number of thioether (sulfide) groups is 1. The Bertz CT molecular complexity index is 1010. The first-order valence-electron chi connectivity index (χ1n) is 9.72. The predicted octanol–water partition coefficient (Wildman–Crippen LogP) is 3.88. The Hall–Kier alpha value is -2.80. The molecule has 4 rings (SSSR count). The Morgan fingerprint density at radius 2 is 1.86 bits per heavy atom. The predicted molar refractivity (Wildman–Crippen MR) is 113 cm³/mol. The van der Waals surface area contributed by atoms with E-state index in [2.05, 4.69) is 20.1 Å². The number of nitrogens with one attached hydrogen (secondary N) is 1. The summed E-state index contributed by atoms with van der Waals surface area (Å²) in [6.07, 6.45) is 2.28. The molecule has 1 saturated carbocycles. The van der Waals surface area contributed by atoms with Crippen molar-refractivity contribution >= 4 is 17.7 Å². The van der Waals surface area contributed by atoms with Crippen LogP contribution in [0.4, 0.5) is 0 Å². The van der Waals surface area contributed by atoms with Crippen molar-refractivity contribution in [1.29, 1.82) is 0 Å². The molecule has 0 unspecified atom stereocenters. The smallest absolute Gasteiger partial charge is 0.230 e. The summed E-state index contributed by atoms with van der Waals surface area (Å²) in [6.45, 7) is 4.15. The standard InChI is InChI=1S/C22H24N4O2S/c1-14-10-16(11-15(2)20(14)28)12-23-19(27)13-29-22-25-24-21(17-8-9-17)26(22)18-6-4-3-5-7-18/h3-7,10-11,17,28H,8-9,12-13H2,1-2H3,(H,23,27). The van der Waals surface area contributed by atoms with Gasteiger partial charge in [0.25, 0.3) is 0 Å². The maximum Gasteiger partial charge on any atom is 0.230 e. The van der Waals surface area contributed by atoms with E-state index in [0.717, 1.165) is 46.2 Å². The maximum atomic E-state index is 12.4. The molecule has 1 aliphatic carbocycles. The molecule has 1 heterocycles. The zero-order valence-electron chi connectivity index (χ0n) is 16.6. The second kappa shape index (κ2) is 8.29. The minimum atomic E-state index is -0.0611. The number of hydrogen-bond donors (Lipinski definition) is 2. The molecule has 1 amide bonds. The average molecular weight is 409 g/mol. The highest BCUT2D eigenvalue weighted by molar-refractivity contribution is 7.99. The SMILES string of the molecule is Cc1cc(CNC(=O)CSc2nnc(C3CC3)n2-c2ccccc2)cc(C)c1O. The number of carbonyl (C=O) groups is 1. The Kier molecular flexibility index (Phi) is 5.58. The van der Waals surface area contributed by atoms with Gasteiger partial charge in [0, 0.05) is 18.2 Å². The summed E-state index contributed by atoms with van der Waals surface area (Å²) in [4.78, 5) is 12.4. The lowest BCUT2D eigenvalue weighted by Crippen LogP contribution is -2.24. The molecule has 3 aromatic rings. The fourth-order valence-electron chi connectivity index (χ4n) is 3.33. The van der Waals surface area contributed by atoms with E-state index in [4.69, 9.17) is 0 Å². The van der Waals surface area contributed by atoms with Crippen molar-refractivity contribution in [2.24, 2.45) is 0 Å². The Morgan fingerprint density at radius 1 is 1.17 bits per heavy atom. The maximum absolute atomic E-state index is 12.4. The summed E-state index contributed by atoms with van der Waals surface area (Å²) in [5, 5.41) is 22.3. The number of benzene rings is 2. The van der Waals surface area contributed by atoms with E-state index in [1.54, 1.807) is 0 Å². The number of hydrogen-bond acceptors (Lipinski definition) is 5. The summed E-state index contributed by atoms with van der Waals surface area (Å²) in [5.41, 5.74) is 3.62. The second-order valence-corrected chi connectivity index (χ2v) is 8.37. The van der Waals surface area contributed by atoms with Crippen LogP contribution < -0.4 is 5.32 Å². The first-order valence-corrected chi connectivity index (χ1v) is 10.7. The van der Waals surface area contributed by atoms with Crippen LogP contribution in [0.25, 0.3) is 5.69 Å². The van der Waals surface area contributed by atoms with E-state index in [9.17, 15) is 9.90 Å². The summed E-state index contributed by atoms with van der Waals surface area (Å²) >= 11 is 1.40. The molecule has 0 bridgehead atoms. The molecule has 7 heteroatoms. The largest absolute Gasteiger partial charge is 0.507 e. The first kappa shape index (κ1) is 19.5. The van der Waals surface area contributed by atoms with Crippen molar-refractivity contribution in [2.45, 2.75) is 44.3 Å². The quantitative estimate of drug-likeness (QED) is 0.580. The summed E-state index contributed by atoms with van der Waals surface area (Å²) in [5.74, 6) is 1.96. The van der Waals surface area contributed by atoms with E-state index in [1.807, 2.05) is 56.3 Å². The lowest BCUT2D eigenvalue weighted by molar-refractivity contribution is -0.118. The molecule has 6 nitrogen and oxygen atoms in total. The van der Waals surface area contributed by atoms with E-state index in [0.29, 0.717) is 18.2 Å². The van der Waals surface area contributed by atoms with Crippen LogP contribution in [-0.2, 0) is 11.3 Å². The molecule has 1 aromatic heterocycles. The zero-order chi connectivity index (χ0) is 20.4. The molecule has 2 aromatic carbocycles. The number of aryl methyl sites for hydroxylation is 2. The van der Waals surface area contributed by atoms with Crippen molar-refractivity contribution in [1.82, 2.24) is 20.1 Å². The van der Waals surface area contributed by atoms with Crippen LogP contribution in [0.3, 0.4) is 0 Å². The third-order valence-electron chi connectivity index (χ3n) is 4.99. The first-order chi connectivity index (χ1) is 14.0. The molecule has 1 aliphatic rings. The fraction of sp³-hybridized carbons (Fsp3) is 0.318. The minimum Gasteiger partial charge on any atom is -0.507 e. The lowest BCUT2D eigenvalue weighted by atomic mass is 10.1. The van der Waals surface area contributed by atoms with Crippen LogP contribution in [0, 0.1) is 13.8 Å². The molecule has 150 valence electrons. The Morgan fingerprint density at radius 3 is 2.52 bits per heavy atom. The molecule has 0 spiro atoms. The molecule has 0 aliphatic heterocycles. The van der Waals surface area contributed by atoms with Crippen molar-refractivity contribution in [3.05, 3.63) is 65.0 Å². The van der Waals surface area contributed by atoms with E-state index in [1.165, 1.54) is 11.8 Å². The molecule has 2 N–H and O–H groups in total. The highest BCUT2D eigenvalue weighted by Gasteiger charge is 2.31. The average Bonchev–Trinajstić information content (AvgIpc) is 3.48. The third-order valence-corrected chi connectivity index (χ3v) is 5.92. The van der Waals surface area contributed by atoms with Crippen LogP contribution in [0.1, 0.15) is 41.3 Å². The molecular formula is C22H24N4O2S.